The van der Waals surface area contributed by atoms with Crippen molar-refractivity contribution in [3.05, 3.63) is 53.4 Å². The first-order chi connectivity index (χ1) is 12.1. The van der Waals surface area contributed by atoms with Crippen LogP contribution in [0.2, 0.25) is 5.02 Å². The molecule has 0 amide bonds. The second-order valence-corrected chi connectivity index (χ2v) is 5.72. The summed E-state index contributed by atoms with van der Waals surface area (Å²) >= 11 is 6.04. The van der Waals surface area contributed by atoms with Crippen molar-refractivity contribution >= 4 is 34.1 Å². The van der Waals surface area contributed by atoms with Gasteiger partial charge < -0.3 is 9.84 Å². The summed E-state index contributed by atoms with van der Waals surface area (Å²) in [7, 11) is 1.23. The molecule has 0 saturated heterocycles. The minimum atomic E-state index is -0.714. The van der Waals surface area contributed by atoms with E-state index in [1.165, 1.54) is 18.0 Å². The van der Waals surface area contributed by atoms with Crippen LogP contribution in [-0.2, 0) is 4.74 Å². The molecule has 0 aliphatic heterocycles. The van der Waals surface area contributed by atoms with Gasteiger partial charge in [0.15, 0.2) is 17.1 Å². The molecule has 4 rings (SSSR count). The third kappa shape index (κ3) is 2.36. The van der Waals surface area contributed by atoms with Crippen LogP contribution >= 0.6 is 11.6 Å². The highest BCUT2D eigenvalue weighted by molar-refractivity contribution is 6.30. The highest BCUT2D eigenvalue weighted by Crippen LogP contribution is 2.32. The van der Waals surface area contributed by atoms with Crippen LogP contribution in [0.25, 0.3) is 27.8 Å². The van der Waals surface area contributed by atoms with E-state index in [2.05, 4.69) is 15.1 Å². The molecule has 8 heteroatoms. The van der Waals surface area contributed by atoms with Gasteiger partial charge in [-0.2, -0.15) is 5.10 Å². The largest absolute Gasteiger partial charge is 0.505 e. The summed E-state index contributed by atoms with van der Waals surface area (Å²) in [5, 5.41) is 15.5. The molecular formula is C17H11ClN4O3. The molecule has 3 heterocycles. The highest BCUT2D eigenvalue weighted by atomic mass is 35.5. The average Bonchev–Trinajstić information content (AvgIpc) is 3.10. The first kappa shape index (κ1) is 15.3. The topological polar surface area (TPSA) is 89.6 Å². The molecule has 3 aromatic heterocycles. The van der Waals surface area contributed by atoms with E-state index in [4.69, 9.17) is 16.3 Å². The number of fused-ring (bicyclic) bond motifs is 3. The maximum Gasteiger partial charge on any atom is 0.360 e. The van der Waals surface area contributed by atoms with E-state index in [-0.39, 0.29) is 11.4 Å². The molecular weight excluding hydrogens is 344 g/mol. The lowest BCUT2D eigenvalue weighted by atomic mass is 10.1. The van der Waals surface area contributed by atoms with Gasteiger partial charge in [0.05, 0.1) is 12.8 Å². The molecule has 0 radical (unpaired) electrons. The van der Waals surface area contributed by atoms with Crippen molar-refractivity contribution in [2.24, 2.45) is 0 Å². The monoisotopic (exact) mass is 354 g/mol. The van der Waals surface area contributed by atoms with Gasteiger partial charge in [0.25, 0.3) is 0 Å². The summed E-state index contributed by atoms with van der Waals surface area (Å²) in [6.07, 6.45) is 1.29. The average molecular weight is 355 g/mol. The van der Waals surface area contributed by atoms with Crippen LogP contribution in [0.15, 0.2) is 42.7 Å². The first-order valence-electron chi connectivity index (χ1n) is 7.30. The fraction of sp³-hybridized carbons (Fsp3) is 0.0588. The Morgan fingerprint density at radius 3 is 2.88 bits per heavy atom. The number of pyridine rings is 2. The fourth-order valence-electron chi connectivity index (χ4n) is 2.70. The number of halogens is 1. The molecule has 0 fully saturated rings. The number of carbonyl (C=O) groups is 1. The number of carbonyl (C=O) groups excluding carboxylic acids is 1. The van der Waals surface area contributed by atoms with Crippen molar-refractivity contribution in [2.75, 3.05) is 7.11 Å². The third-order valence-corrected chi connectivity index (χ3v) is 4.08. The first-order valence-corrected chi connectivity index (χ1v) is 7.67. The number of ether oxygens (including phenoxy) is 1. The number of nitrogens with zero attached hydrogens (tertiary/aromatic N) is 4. The smallest absolute Gasteiger partial charge is 0.360 e. The van der Waals surface area contributed by atoms with Crippen molar-refractivity contribution in [3.8, 4) is 17.0 Å². The highest BCUT2D eigenvalue weighted by Gasteiger charge is 2.23. The van der Waals surface area contributed by atoms with Gasteiger partial charge in [0.1, 0.15) is 11.8 Å². The Morgan fingerprint density at radius 1 is 1.28 bits per heavy atom. The molecule has 124 valence electrons. The molecule has 0 aliphatic rings. The molecule has 25 heavy (non-hydrogen) atoms. The quantitative estimate of drug-likeness (QED) is 0.556. The van der Waals surface area contributed by atoms with E-state index >= 15 is 0 Å². The minimum Gasteiger partial charge on any atom is -0.505 e. The number of hydrogen-bond acceptors (Lipinski definition) is 6. The Hall–Kier alpha value is -3.19. The maximum absolute atomic E-state index is 12.0. The minimum absolute atomic E-state index is 0.0974. The molecule has 1 N–H and O–H groups in total. The molecule has 0 atom stereocenters. The SMILES string of the molecule is COC(=O)c1c(O)c2ccc(-c3cccc(Cl)c3)nc2c2ncnn12. The number of methoxy groups -OCH3 is 1. The molecule has 7 nitrogen and oxygen atoms in total. The van der Waals surface area contributed by atoms with Crippen LogP contribution in [0, 0.1) is 0 Å². The van der Waals surface area contributed by atoms with Gasteiger partial charge in [-0.1, -0.05) is 23.7 Å². The van der Waals surface area contributed by atoms with Crippen LogP contribution in [0.1, 0.15) is 10.5 Å². The van der Waals surface area contributed by atoms with Gasteiger partial charge in [-0.05, 0) is 24.3 Å². The van der Waals surface area contributed by atoms with E-state index in [0.29, 0.717) is 27.3 Å². The Balaban J connectivity index is 2.05. The van der Waals surface area contributed by atoms with Crippen molar-refractivity contribution < 1.29 is 14.6 Å². The third-order valence-electron chi connectivity index (χ3n) is 3.85. The second-order valence-electron chi connectivity index (χ2n) is 5.29. The summed E-state index contributed by atoms with van der Waals surface area (Å²) in [6.45, 7) is 0. The van der Waals surface area contributed by atoms with Gasteiger partial charge in [-0.3, -0.25) is 0 Å². The fourth-order valence-corrected chi connectivity index (χ4v) is 2.89. The normalized spacial score (nSPS) is 11.1. The van der Waals surface area contributed by atoms with Crippen molar-refractivity contribution in [1.82, 2.24) is 19.6 Å². The summed E-state index contributed by atoms with van der Waals surface area (Å²) in [5.74, 6) is -0.973. The molecule has 1 aromatic carbocycles. The van der Waals surface area contributed by atoms with Gasteiger partial charge in [0.2, 0.25) is 0 Å². The zero-order valence-corrected chi connectivity index (χ0v) is 13.7. The molecule has 0 bridgehead atoms. The number of aromatic nitrogens is 4. The Labute approximate surface area is 146 Å². The van der Waals surface area contributed by atoms with E-state index in [1.54, 1.807) is 24.3 Å². The summed E-state index contributed by atoms with van der Waals surface area (Å²) in [4.78, 5) is 20.8. The van der Waals surface area contributed by atoms with Crippen LogP contribution in [0.3, 0.4) is 0 Å². The molecule has 0 aliphatic carbocycles. The second kappa shape index (κ2) is 5.71. The van der Waals surface area contributed by atoms with E-state index in [0.717, 1.165) is 5.56 Å². The lowest BCUT2D eigenvalue weighted by molar-refractivity contribution is 0.0587. The molecule has 0 spiro atoms. The lowest BCUT2D eigenvalue weighted by Crippen LogP contribution is -2.10. The van der Waals surface area contributed by atoms with Crippen LogP contribution < -0.4 is 0 Å². The van der Waals surface area contributed by atoms with Crippen molar-refractivity contribution in [2.45, 2.75) is 0 Å². The number of benzene rings is 1. The number of aromatic hydroxyl groups is 1. The summed E-state index contributed by atoms with van der Waals surface area (Å²) in [5.41, 5.74) is 2.14. The summed E-state index contributed by atoms with van der Waals surface area (Å²) < 4.78 is 5.95. The predicted octanol–water partition coefficient (Wildman–Crippen LogP) is 3.09. The Bertz CT molecular complexity index is 1140. The molecule has 4 aromatic rings. The summed E-state index contributed by atoms with van der Waals surface area (Å²) in [6, 6.07) is 10.7. The molecule has 0 saturated carbocycles. The zero-order valence-electron chi connectivity index (χ0n) is 13.0. The van der Waals surface area contributed by atoms with Crippen LogP contribution in [-0.4, -0.2) is 37.8 Å². The van der Waals surface area contributed by atoms with E-state index < -0.39 is 5.97 Å². The van der Waals surface area contributed by atoms with Gasteiger partial charge in [-0.25, -0.2) is 19.3 Å². The predicted molar refractivity (Wildman–Crippen MR) is 91.7 cm³/mol. The van der Waals surface area contributed by atoms with E-state index in [1.807, 2.05) is 12.1 Å². The van der Waals surface area contributed by atoms with Gasteiger partial charge in [-0.15, -0.1) is 0 Å². The standard InChI is InChI=1S/C17H11ClN4O3/c1-25-17(24)14-15(23)11-5-6-12(9-3-2-4-10(18)7-9)21-13(11)16-19-8-20-22(14)16/h2-8,23H,1H3. The van der Waals surface area contributed by atoms with Crippen molar-refractivity contribution in [3.63, 3.8) is 0 Å². The van der Waals surface area contributed by atoms with Crippen LogP contribution in [0.5, 0.6) is 5.75 Å². The van der Waals surface area contributed by atoms with E-state index in [9.17, 15) is 9.90 Å². The molecule has 0 unspecified atom stereocenters. The van der Waals surface area contributed by atoms with Crippen molar-refractivity contribution in [1.29, 1.82) is 0 Å². The van der Waals surface area contributed by atoms with Gasteiger partial charge >= 0.3 is 5.97 Å². The lowest BCUT2D eigenvalue weighted by Gasteiger charge is -2.10. The number of hydrogen-bond donors (Lipinski definition) is 1. The number of esters is 1. The van der Waals surface area contributed by atoms with Crippen LogP contribution in [0.4, 0.5) is 0 Å². The maximum atomic E-state index is 12.0. The Kier molecular flexibility index (Phi) is 3.51. The van der Waals surface area contributed by atoms with Gasteiger partial charge in [0, 0.05) is 16.0 Å². The number of rotatable bonds is 2. The Morgan fingerprint density at radius 2 is 2.12 bits per heavy atom. The zero-order chi connectivity index (χ0) is 17.6.